The molecular formula is C14H19FN2O. The first-order chi connectivity index (χ1) is 8.45. The van der Waals surface area contributed by atoms with Gasteiger partial charge in [0.05, 0.1) is 11.1 Å². The molecule has 0 aromatic heterocycles. The van der Waals surface area contributed by atoms with Gasteiger partial charge in [-0.25, -0.2) is 4.39 Å². The number of aryl methyl sites for hydroxylation is 1. The monoisotopic (exact) mass is 250 g/mol. The molecule has 1 aromatic rings. The fraction of sp³-hybridized carbons (Fsp3) is 0.500. The van der Waals surface area contributed by atoms with E-state index in [4.69, 9.17) is 5.73 Å². The molecule has 0 spiro atoms. The summed E-state index contributed by atoms with van der Waals surface area (Å²) in [6, 6.07) is 4.60. The Morgan fingerprint density at radius 2 is 2.28 bits per heavy atom. The number of anilines is 1. The lowest BCUT2D eigenvalue weighted by Crippen LogP contribution is -2.44. The van der Waals surface area contributed by atoms with Gasteiger partial charge in [0.2, 0.25) is 5.91 Å². The standard InChI is InChI=1S/C14H19FN2O/c1-9-5-3-6-10(15)12(9)17-13(18)14(2)8-4-7-11(14)16/h3,5-6,11H,4,7-8,16H2,1-2H3,(H,17,18). The van der Waals surface area contributed by atoms with Crippen LogP contribution in [0.4, 0.5) is 10.1 Å². The highest BCUT2D eigenvalue weighted by Crippen LogP contribution is 2.38. The maximum atomic E-state index is 13.7. The van der Waals surface area contributed by atoms with E-state index in [2.05, 4.69) is 5.32 Å². The van der Waals surface area contributed by atoms with Gasteiger partial charge in [0.1, 0.15) is 5.82 Å². The summed E-state index contributed by atoms with van der Waals surface area (Å²) < 4.78 is 13.7. The van der Waals surface area contributed by atoms with Crippen molar-refractivity contribution >= 4 is 11.6 Å². The number of carbonyl (C=O) groups is 1. The Labute approximate surface area is 107 Å². The van der Waals surface area contributed by atoms with Crippen LogP contribution in [0.15, 0.2) is 18.2 Å². The Morgan fingerprint density at radius 1 is 1.56 bits per heavy atom. The molecule has 2 atom stereocenters. The lowest BCUT2D eigenvalue weighted by atomic mass is 9.84. The molecule has 2 rings (SSSR count). The van der Waals surface area contributed by atoms with Crippen LogP contribution in [0.25, 0.3) is 0 Å². The van der Waals surface area contributed by atoms with Crippen molar-refractivity contribution in [3.8, 4) is 0 Å². The molecule has 98 valence electrons. The van der Waals surface area contributed by atoms with Crippen molar-refractivity contribution < 1.29 is 9.18 Å². The number of hydrogen-bond donors (Lipinski definition) is 2. The van der Waals surface area contributed by atoms with Crippen LogP contribution >= 0.6 is 0 Å². The molecule has 0 aliphatic heterocycles. The van der Waals surface area contributed by atoms with Crippen LogP contribution in [0, 0.1) is 18.2 Å². The maximum Gasteiger partial charge on any atom is 0.231 e. The highest BCUT2D eigenvalue weighted by Gasteiger charge is 2.43. The molecule has 4 heteroatoms. The van der Waals surface area contributed by atoms with Crippen LogP contribution < -0.4 is 11.1 Å². The van der Waals surface area contributed by atoms with Gasteiger partial charge >= 0.3 is 0 Å². The summed E-state index contributed by atoms with van der Waals surface area (Å²) in [5.41, 5.74) is 6.39. The van der Waals surface area contributed by atoms with Crippen molar-refractivity contribution in [2.45, 2.75) is 39.2 Å². The normalized spacial score (nSPS) is 27.2. The molecule has 1 aromatic carbocycles. The van der Waals surface area contributed by atoms with Gasteiger partial charge in [-0.1, -0.05) is 18.6 Å². The Morgan fingerprint density at radius 3 is 2.83 bits per heavy atom. The van der Waals surface area contributed by atoms with Gasteiger partial charge in [-0.05, 0) is 38.3 Å². The van der Waals surface area contributed by atoms with Crippen LogP contribution in [-0.4, -0.2) is 11.9 Å². The van der Waals surface area contributed by atoms with Gasteiger partial charge in [-0.3, -0.25) is 4.79 Å². The van der Waals surface area contributed by atoms with Gasteiger partial charge < -0.3 is 11.1 Å². The molecule has 0 bridgehead atoms. The molecule has 3 nitrogen and oxygen atoms in total. The van der Waals surface area contributed by atoms with Crippen LogP contribution in [0.1, 0.15) is 31.7 Å². The molecular weight excluding hydrogens is 231 g/mol. The average molecular weight is 250 g/mol. The average Bonchev–Trinajstić information content (AvgIpc) is 2.66. The summed E-state index contributed by atoms with van der Waals surface area (Å²) >= 11 is 0. The smallest absolute Gasteiger partial charge is 0.231 e. The number of amides is 1. The van der Waals surface area contributed by atoms with Gasteiger partial charge in [0, 0.05) is 6.04 Å². The van der Waals surface area contributed by atoms with Gasteiger partial charge in [-0.15, -0.1) is 0 Å². The SMILES string of the molecule is Cc1cccc(F)c1NC(=O)C1(C)CCCC1N. The van der Waals surface area contributed by atoms with E-state index in [0.717, 1.165) is 24.8 Å². The van der Waals surface area contributed by atoms with Crippen molar-refractivity contribution in [2.24, 2.45) is 11.1 Å². The summed E-state index contributed by atoms with van der Waals surface area (Å²) in [5.74, 6) is -0.584. The molecule has 1 aliphatic carbocycles. The van der Waals surface area contributed by atoms with Crippen LogP contribution in [0.5, 0.6) is 0 Å². The molecule has 18 heavy (non-hydrogen) atoms. The number of nitrogens with two attached hydrogens (primary N) is 1. The summed E-state index contributed by atoms with van der Waals surface area (Å²) in [7, 11) is 0. The minimum Gasteiger partial charge on any atom is -0.327 e. The molecule has 0 heterocycles. The Bertz CT molecular complexity index is 455. The molecule has 1 saturated carbocycles. The van der Waals surface area contributed by atoms with Crippen molar-refractivity contribution in [1.29, 1.82) is 0 Å². The third-order valence-corrected chi connectivity index (χ3v) is 4.01. The van der Waals surface area contributed by atoms with E-state index in [1.54, 1.807) is 19.1 Å². The predicted octanol–water partition coefficient (Wildman–Crippen LogP) is 2.59. The minimum absolute atomic E-state index is 0.149. The highest BCUT2D eigenvalue weighted by atomic mass is 19.1. The third-order valence-electron chi connectivity index (χ3n) is 4.01. The second-order valence-electron chi connectivity index (χ2n) is 5.30. The Kier molecular flexibility index (Phi) is 3.39. The number of hydrogen-bond acceptors (Lipinski definition) is 2. The van der Waals surface area contributed by atoms with E-state index >= 15 is 0 Å². The number of rotatable bonds is 2. The first-order valence-electron chi connectivity index (χ1n) is 6.27. The first-order valence-corrected chi connectivity index (χ1v) is 6.27. The second kappa shape index (κ2) is 4.69. The Balaban J connectivity index is 2.22. The largest absolute Gasteiger partial charge is 0.327 e. The maximum absolute atomic E-state index is 13.7. The fourth-order valence-electron chi connectivity index (χ4n) is 2.52. The summed E-state index contributed by atoms with van der Waals surface area (Å²) in [4.78, 5) is 12.3. The second-order valence-corrected chi connectivity index (χ2v) is 5.30. The number of para-hydroxylation sites is 1. The van der Waals surface area contributed by atoms with E-state index in [0.29, 0.717) is 0 Å². The number of benzene rings is 1. The molecule has 1 amide bonds. The van der Waals surface area contributed by atoms with E-state index in [1.165, 1.54) is 6.07 Å². The lowest BCUT2D eigenvalue weighted by molar-refractivity contribution is -0.125. The number of carbonyl (C=O) groups excluding carboxylic acids is 1. The Hall–Kier alpha value is -1.42. The van der Waals surface area contributed by atoms with E-state index < -0.39 is 11.2 Å². The van der Waals surface area contributed by atoms with Crippen molar-refractivity contribution in [2.75, 3.05) is 5.32 Å². The molecule has 1 aliphatic rings. The fourth-order valence-corrected chi connectivity index (χ4v) is 2.52. The van der Waals surface area contributed by atoms with Crippen LogP contribution in [0.2, 0.25) is 0 Å². The van der Waals surface area contributed by atoms with Gasteiger partial charge in [0.15, 0.2) is 0 Å². The molecule has 0 saturated heterocycles. The number of halogens is 1. The van der Waals surface area contributed by atoms with Crippen molar-refractivity contribution in [3.05, 3.63) is 29.6 Å². The zero-order valence-corrected chi connectivity index (χ0v) is 10.8. The van der Waals surface area contributed by atoms with Crippen LogP contribution in [0.3, 0.4) is 0 Å². The van der Waals surface area contributed by atoms with Crippen molar-refractivity contribution in [3.63, 3.8) is 0 Å². The summed E-state index contributed by atoms with van der Waals surface area (Å²) in [5, 5.41) is 2.70. The van der Waals surface area contributed by atoms with Gasteiger partial charge in [0.25, 0.3) is 0 Å². The zero-order chi connectivity index (χ0) is 13.3. The summed E-state index contributed by atoms with van der Waals surface area (Å²) in [6.45, 7) is 3.63. The van der Waals surface area contributed by atoms with E-state index in [1.807, 2.05) is 6.92 Å². The third kappa shape index (κ3) is 2.12. The van der Waals surface area contributed by atoms with Gasteiger partial charge in [-0.2, -0.15) is 0 Å². The lowest BCUT2D eigenvalue weighted by Gasteiger charge is -2.27. The summed E-state index contributed by atoms with van der Waals surface area (Å²) in [6.07, 6.45) is 2.55. The quantitative estimate of drug-likeness (QED) is 0.847. The van der Waals surface area contributed by atoms with Crippen molar-refractivity contribution in [1.82, 2.24) is 0 Å². The minimum atomic E-state index is -0.589. The molecule has 1 fully saturated rings. The highest BCUT2D eigenvalue weighted by molar-refractivity contribution is 5.96. The van der Waals surface area contributed by atoms with E-state index in [-0.39, 0.29) is 17.6 Å². The van der Waals surface area contributed by atoms with Crippen LogP contribution in [-0.2, 0) is 4.79 Å². The zero-order valence-electron chi connectivity index (χ0n) is 10.8. The predicted molar refractivity (Wildman–Crippen MR) is 69.7 cm³/mol. The first kappa shape index (κ1) is 13.0. The number of nitrogens with one attached hydrogen (secondary N) is 1. The topological polar surface area (TPSA) is 55.1 Å². The molecule has 0 radical (unpaired) electrons. The molecule has 2 unspecified atom stereocenters. The van der Waals surface area contributed by atoms with E-state index in [9.17, 15) is 9.18 Å². The molecule has 3 N–H and O–H groups in total.